The number of hydrogen-bond acceptors (Lipinski definition) is 4. The molecule has 130 valence electrons. The first-order chi connectivity index (χ1) is 11.9. The average Bonchev–Trinajstić information content (AvgIpc) is 2.58. The quantitative estimate of drug-likeness (QED) is 0.661. The highest BCUT2D eigenvalue weighted by Gasteiger charge is 2.21. The van der Waals surface area contributed by atoms with E-state index in [0.717, 1.165) is 0 Å². The summed E-state index contributed by atoms with van der Waals surface area (Å²) in [5, 5.41) is 0.444. The lowest BCUT2D eigenvalue weighted by Gasteiger charge is -2.13. The van der Waals surface area contributed by atoms with Gasteiger partial charge in [-0.15, -0.1) is 0 Å². The molecule has 0 unspecified atom stereocenters. The van der Waals surface area contributed by atoms with Gasteiger partial charge in [-0.05, 0) is 65.3 Å². The Hall–Kier alpha value is -2.19. The molecule has 8 heteroatoms. The average molecular weight is 425 g/mol. The standard InChI is InChI=1S/C17H14BrFN2O3S/c1-2-24-15-7-8-16(12-4-3-9-20-17(12)15)25(22,23)21-14-6-5-11(19)10-13(14)18/h3-10,21H,2H2,1H3. The van der Waals surface area contributed by atoms with Crippen LogP contribution >= 0.6 is 15.9 Å². The minimum Gasteiger partial charge on any atom is -0.492 e. The Kier molecular flexibility index (Phi) is 4.91. The van der Waals surface area contributed by atoms with E-state index in [9.17, 15) is 12.8 Å². The number of aromatic nitrogens is 1. The smallest absolute Gasteiger partial charge is 0.262 e. The van der Waals surface area contributed by atoms with Crippen molar-refractivity contribution in [1.82, 2.24) is 4.98 Å². The Morgan fingerprint density at radius 1 is 1.24 bits per heavy atom. The van der Waals surface area contributed by atoms with Crippen molar-refractivity contribution in [3.63, 3.8) is 0 Å². The molecule has 5 nitrogen and oxygen atoms in total. The molecule has 3 rings (SSSR count). The monoisotopic (exact) mass is 424 g/mol. The largest absolute Gasteiger partial charge is 0.492 e. The summed E-state index contributed by atoms with van der Waals surface area (Å²) in [4.78, 5) is 4.30. The van der Waals surface area contributed by atoms with Crippen LogP contribution in [0, 0.1) is 5.82 Å². The number of benzene rings is 2. The van der Waals surface area contributed by atoms with Gasteiger partial charge in [0, 0.05) is 16.1 Å². The Bertz CT molecular complexity index is 1040. The van der Waals surface area contributed by atoms with Gasteiger partial charge in [-0.25, -0.2) is 12.8 Å². The fourth-order valence-electron chi connectivity index (χ4n) is 2.40. The maximum absolute atomic E-state index is 13.2. The van der Waals surface area contributed by atoms with E-state index in [4.69, 9.17) is 4.74 Å². The summed E-state index contributed by atoms with van der Waals surface area (Å²) < 4.78 is 47.1. The van der Waals surface area contributed by atoms with Crippen LogP contribution in [0.25, 0.3) is 10.9 Å². The summed E-state index contributed by atoms with van der Waals surface area (Å²) in [6.45, 7) is 2.28. The Morgan fingerprint density at radius 2 is 2.04 bits per heavy atom. The molecule has 25 heavy (non-hydrogen) atoms. The zero-order chi connectivity index (χ0) is 18.0. The minimum atomic E-state index is -3.90. The normalized spacial score (nSPS) is 11.5. The molecule has 0 bridgehead atoms. The molecule has 0 aliphatic heterocycles. The molecule has 2 aromatic carbocycles. The van der Waals surface area contributed by atoms with Crippen molar-refractivity contribution >= 4 is 42.5 Å². The highest BCUT2D eigenvalue weighted by Crippen LogP contribution is 2.32. The summed E-state index contributed by atoms with van der Waals surface area (Å²) in [5.74, 6) is 0.0468. The maximum atomic E-state index is 13.2. The van der Waals surface area contributed by atoms with Crippen molar-refractivity contribution in [1.29, 1.82) is 0 Å². The van der Waals surface area contributed by atoms with E-state index >= 15 is 0 Å². The fraction of sp³-hybridized carbons (Fsp3) is 0.118. The van der Waals surface area contributed by atoms with Crippen molar-refractivity contribution < 1.29 is 17.5 Å². The molecule has 0 atom stereocenters. The number of hydrogen-bond donors (Lipinski definition) is 1. The Balaban J connectivity index is 2.10. The second kappa shape index (κ2) is 6.97. The molecule has 0 aliphatic rings. The highest BCUT2D eigenvalue weighted by molar-refractivity contribution is 9.10. The second-order valence-corrected chi connectivity index (χ2v) is 7.63. The van der Waals surface area contributed by atoms with Gasteiger partial charge in [0.25, 0.3) is 10.0 Å². The molecule has 3 aromatic rings. The van der Waals surface area contributed by atoms with E-state index in [-0.39, 0.29) is 10.6 Å². The zero-order valence-corrected chi connectivity index (χ0v) is 15.6. The van der Waals surface area contributed by atoms with Crippen LogP contribution in [0.1, 0.15) is 6.92 Å². The highest BCUT2D eigenvalue weighted by atomic mass is 79.9. The molecular formula is C17H14BrFN2O3S. The molecule has 0 spiro atoms. The van der Waals surface area contributed by atoms with Gasteiger partial charge in [-0.3, -0.25) is 9.71 Å². The molecular weight excluding hydrogens is 411 g/mol. The molecule has 0 radical (unpaired) electrons. The van der Waals surface area contributed by atoms with Crippen molar-refractivity contribution in [2.75, 3.05) is 11.3 Å². The van der Waals surface area contributed by atoms with Crippen molar-refractivity contribution in [2.45, 2.75) is 11.8 Å². The molecule has 1 aromatic heterocycles. The number of halogens is 2. The van der Waals surface area contributed by atoms with Crippen molar-refractivity contribution in [2.24, 2.45) is 0 Å². The molecule has 0 aliphatic carbocycles. The van der Waals surface area contributed by atoms with Gasteiger partial charge in [-0.1, -0.05) is 0 Å². The Labute approximate surface area is 153 Å². The van der Waals surface area contributed by atoms with Crippen LogP contribution in [-0.4, -0.2) is 20.0 Å². The lowest BCUT2D eigenvalue weighted by atomic mass is 10.2. The van der Waals surface area contributed by atoms with Gasteiger partial charge in [0.05, 0.1) is 17.2 Å². The topological polar surface area (TPSA) is 68.3 Å². The lowest BCUT2D eigenvalue weighted by molar-refractivity contribution is 0.343. The first-order valence-electron chi connectivity index (χ1n) is 7.41. The van der Waals surface area contributed by atoms with Gasteiger partial charge in [0.15, 0.2) is 0 Å². The van der Waals surface area contributed by atoms with Crippen LogP contribution in [0.3, 0.4) is 0 Å². The third-order valence-corrected chi connectivity index (χ3v) is 5.54. The van der Waals surface area contributed by atoms with Crippen LogP contribution < -0.4 is 9.46 Å². The van der Waals surface area contributed by atoms with Crippen LogP contribution in [0.5, 0.6) is 5.75 Å². The molecule has 0 fully saturated rings. The van der Waals surface area contributed by atoms with E-state index in [2.05, 4.69) is 25.6 Å². The van der Waals surface area contributed by atoms with Gasteiger partial charge < -0.3 is 4.74 Å². The first kappa shape index (κ1) is 17.6. The van der Waals surface area contributed by atoms with Gasteiger partial charge >= 0.3 is 0 Å². The van der Waals surface area contributed by atoms with E-state index in [1.54, 1.807) is 24.4 Å². The summed E-state index contributed by atoms with van der Waals surface area (Å²) in [7, 11) is -3.90. The fourth-order valence-corrected chi connectivity index (χ4v) is 4.26. The summed E-state index contributed by atoms with van der Waals surface area (Å²) in [5.41, 5.74) is 0.706. The number of anilines is 1. The number of fused-ring (bicyclic) bond motifs is 1. The number of rotatable bonds is 5. The second-order valence-electron chi connectivity index (χ2n) is 5.12. The molecule has 1 heterocycles. The lowest BCUT2D eigenvalue weighted by Crippen LogP contribution is -2.14. The molecule has 0 saturated carbocycles. The minimum absolute atomic E-state index is 0.0651. The summed E-state index contributed by atoms with van der Waals surface area (Å²) in [6.07, 6.45) is 1.57. The van der Waals surface area contributed by atoms with Gasteiger partial charge in [-0.2, -0.15) is 0 Å². The van der Waals surface area contributed by atoms with Crippen LogP contribution in [0.4, 0.5) is 10.1 Å². The third kappa shape index (κ3) is 3.59. The SMILES string of the molecule is CCOc1ccc(S(=O)(=O)Nc2ccc(F)cc2Br)c2cccnc12. The number of pyridine rings is 1. The number of ether oxygens (including phenoxy) is 1. The molecule has 0 saturated heterocycles. The predicted octanol–water partition coefficient (Wildman–Crippen LogP) is 4.34. The molecule has 1 N–H and O–H groups in total. The first-order valence-corrected chi connectivity index (χ1v) is 9.68. The van der Waals surface area contributed by atoms with Crippen LogP contribution in [0.15, 0.2) is 58.0 Å². The van der Waals surface area contributed by atoms with Crippen LogP contribution in [-0.2, 0) is 10.0 Å². The van der Waals surface area contributed by atoms with Crippen molar-refractivity contribution in [3.05, 3.63) is 59.0 Å². The summed E-state index contributed by atoms with van der Waals surface area (Å²) >= 11 is 3.15. The number of nitrogens with one attached hydrogen (secondary N) is 1. The zero-order valence-electron chi connectivity index (χ0n) is 13.2. The molecule has 0 amide bonds. The third-order valence-electron chi connectivity index (χ3n) is 3.46. The van der Waals surface area contributed by atoms with Crippen molar-refractivity contribution in [3.8, 4) is 5.75 Å². The van der Waals surface area contributed by atoms with E-state index in [1.807, 2.05) is 6.92 Å². The predicted molar refractivity (Wildman–Crippen MR) is 97.8 cm³/mol. The Morgan fingerprint density at radius 3 is 2.76 bits per heavy atom. The number of sulfonamides is 1. The van der Waals surface area contributed by atoms with Gasteiger partial charge in [0.1, 0.15) is 17.1 Å². The van der Waals surface area contributed by atoms with E-state index < -0.39 is 15.8 Å². The number of nitrogens with zero attached hydrogens (tertiary/aromatic N) is 1. The van der Waals surface area contributed by atoms with Crippen LogP contribution in [0.2, 0.25) is 0 Å². The van der Waals surface area contributed by atoms with E-state index in [1.165, 1.54) is 24.3 Å². The summed E-state index contributed by atoms with van der Waals surface area (Å²) in [6, 6.07) is 10.1. The maximum Gasteiger partial charge on any atom is 0.262 e. The van der Waals surface area contributed by atoms with E-state index in [0.29, 0.717) is 27.7 Å². The van der Waals surface area contributed by atoms with Gasteiger partial charge in [0.2, 0.25) is 0 Å².